The fraction of sp³-hybridized carbons (Fsp3) is 0.727. The molecule has 1 aromatic rings. The Morgan fingerprint density at radius 1 is 0.220 bits per heavy atom. The van der Waals surface area contributed by atoms with Gasteiger partial charge in [0.1, 0.15) is 103 Å². The first-order valence-corrected chi connectivity index (χ1v) is 52.6. The lowest BCUT2D eigenvalue weighted by molar-refractivity contribution is -0.151. The summed E-state index contributed by atoms with van der Waals surface area (Å²) in [6.45, 7) is 21.0. The highest BCUT2D eigenvalue weighted by Crippen LogP contribution is 2.18. The zero-order chi connectivity index (χ0) is 115. The number of para-hydroxylation sites is 1. The highest BCUT2D eigenvalue weighted by atomic mass is 16.6. The minimum atomic E-state index is -0.561. The molecular weight excluding hydrogens is 1960 g/mol. The number of carbonyl (C=O) groups is 24. The molecule has 0 heterocycles. The largest absolute Gasteiger partial charge is 0.469 e. The second kappa shape index (κ2) is 110. The van der Waals surface area contributed by atoms with Crippen molar-refractivity contribution in [3.8, 4) is 5.75 Å². The number of ketones is 8. The maximum absolute atomic E-state index is 11.6. The minimum Gasteiger partial charge on any atom is -0.469 e. The Balaban J connectivity index is -0.000000312. The number of carbonyl (C=O) groups excluding carboxylic acids is 24. The van der Waals surface area contributed by atoms with Crippen molar-refractivity contribution in [1.82, 2.24) is 0 Å². The molecule has 1 rings (SSSR count). The third kappa shape index (κ3) is 116. The van der Waals surface area contributed by atoms with E-state index < -0.39 is 47.8 Å². The van der Waals surface area contributed by atoms with Gasteiger partial charge in [0.25, 0.3) is 0 Å². The van der Waals surface area contributed by atoms with Gasteiger partial charge in [-0.05, 0) is 181 Å². The Morgan fingerprint density at radius 3 is 0.733 bits per heavy atom. The minimum absolute atomic E-state index is 0.127. The molecule has 0 aromatic heterocycles. The molecule has 0 N–H and O–H groups in total. The van der Waals surface area contributed by atoms with Crippen molar-refractivity contribution in [1.29, 1.82) is 0 Å². The van der Waals surface area contributed by atoms with Gasteiger partial charge >= 0.3 is 95.5 Å². The first-order valence-electron chi connectivity index (χ1n) is 52.6. The van der Waals surface area contributed by atoms with Gasteiger partial charge in [0.05, 0.1) is 102 Å². The Morgan fingerprint density at radius 2 is 0.467 bits per heavy atom. The number of methoxy groups -OCH3 is 8. The molecule has 860 valence electrons. The zero-order valence-electron chi connectivity index (χ0n) is 93.2. The zero-order valence-corrected chi connectivity index (χ0v) is 93.2. The van der Waals surface area contributed by atoms with Crippen LogP contribution < -0.4 is 4.74 Å². The van der Waals surface area contributed by atoms with Crippen LogP contribution in [0.25, 0.3) is 0 Å². The molecule has 0 fully saturated rings. The average molecular weight is 2140 g/mol. The number of benzene rings is 1. The fourth-order valence-electron chi connectivity index (χ4n) is 12.0. The summed E-state index contributed by atoms with van der Waals surface area (Å²) in [5.74, 6) is -6.39. The number of rotatable bonds is 79. The summed E-state index contributed by atoms with van der Waals surface area (Å²) in [6, 6.07) is 8.61. The van der Waals surface area contributed by atoms with Crippen LogP contribution in [0, 0.1) is 5.92 Å². The lowest BCUT2D eigenvalue weighted by Gasteiger charge is -2.14. The van der Waals surface area contributed by atoms with Gasteiger partial charge in [-0.1, -0.05) is 118 Å². The van der Waals surface area contributed by atoms with E-state index >= 15 is 0 Å². The van der Waals surface area contributed by atoms with Crippen molar-refractivity contribution in [2.45, 2.75) is 428 Å². The summed E-state index contributed by atoms with van der Waals surface area (Å²) in [4.78, 5) is 268. The molecule has 0 aliphatic rings. The Hall–Kier alpha value is -11.9. The molecule has 0 spiro atoms. The van der Waals surface area contributed by atoms with Gasteiger partial charge in [-0.3, -0.25) is 115 Å². The quantitative estimate of drug-likeness (QED) is 0.0192. The summed E-state index contributed by atoms with van der Waals surface area (Å²) in [5.41, 5.74) is 0. The smallest absolute Gasteiger partial charge is 0.318 e. The molecule has 0 aliphatic heterocycles. The summed E-state index contributed by atoms with van der Waals surface area (Å²) in [6.07, 6.45) is 26.9. The van der Waals surface area contributed by atoms with Gasteiger partial charge in [0.2, 0.25) is 0 Å². The molecule has 0 bridgehead atoms. The van der Waals surface area contributed by atoms with E-state index in [0.29, 0.717) is 231 Å². The van der Waals surface area contributed by atoms with Crippen molar-refractivity contribution < 1.29 is 191 Å². The normalized spacial score (nSPS) is 10.4. The number of hydrogen-bond donors (Lipinski definition) is 0. The second-order valence-corrected chi connectivity index (χ2v) is 34.7. The average Bonchev–Trinajstić information content (AvgIpc) is 0.923. The maximum atomic E-state index is 11.6. The van der Waals surface area contributed by atoms with E-state index in [1.807, 2.05) is 26.8 Å². The number of unbranched alkanes of at least 4 members (excludes halogenated alkanes) is 15. The molecule has 40 heteroatoms. The van der Waals surface area contributed by atoms with E-state index in [1.54, 1.807) is 52.0 Å². The summed E-state index contributed by atoms with van der Waals surface area (Å²) >= 11 is 0. The number of esters is 16. The van der Waals surface area contributed by atoms with Crippen LogP contribution in [0.1, 0.15) is 416 Å². The summed E-state index contributed by atoms with van der Waals surface area (Å²) < 4.78 is 75.3. The molecule has 0 saturated carbocycles. The second-order valence-electron chi connectivity index (χ2n) is 34.7. The van der Waals surface area contributed by atoms with E-state index in [1.165, 1.54) is 82.6 Å². The number of hydrogen-bond acceptors (Lipinski definition) is 40. The summed E-state index contributed by atoms with van der Waals surface area (Å²) in [5, 5.41) is 0. The van der Waals surface area contributed by atoms with E-state index in [-0.39, 0.29) is 177 Å². The molecule has 150 heavy (non-hydrogen) atoms. The molecule has 2 atom stereocenters. The maximum Gasteiger partial charge on any atom is 0.318 e. The third-order valence-corrected chi connectivity index (χ3v) is 20.8. The predicted molar refractivity (Wildman–Crippen MR) is 552 cm³/mol. The first kappa shape index (κ1) is 151. The number of Topliss-reactive ketones (excluding diaryl/α,β-unsaturated/α-hetero) is 8. The van der Waals surface area contributed by atoms with Gasteiger partial charge in [-0.15, -0.1) is 0 Å². The van der Waals surface area contributed by atoms with Gasteiger partial charge in [-0.25, -0.2) is 0 Å². The molecular formula is C110H180O40. The highest BCUT2D eigenvalue weighted by Gasteiger charge is 2.21. The summed E-state index contributed by atoms with van der Waals surface area (Å²) in [7, 11) is 10.7. The van der Waals surface area contributed by atoms with Crippen molar-refractivity contribution in [3.05, 3.63) is 30.3 Å². The van der Waals surface area contributed by atoms with Gasteiger partial charge < -0.3 is 75.8 Å². The lowest BCUT2D eigenvalue weighted by Crippen LogP contribution is -2.17. The third-order valence-electron chi connectivity index (χ3n) is 20.8. The number of ether oxygens (including phenoxy) is 16. The van der Waals surface area contributed by atoms with Crippen LogP contribution in [-0.4, -0.2) is 244 Å². The Labute approximate surface area is 888 Å². The van der Waals surface area contributed by atoms with E-state index in [4.69, 9.17) is 33.2 Å². The Bertz CT molecular complexity index is 3920. The highest BCUT2D eigenvalue weighted by molar-refractivity contribution is 5.99. The molecule has 0 saturated heterocycles. The van der Waals surface area contributed by atoms with Crippen LogP contribution in [0.15, 0.2) is 30.3 Å². The molecule has 0 aliphatic carbocycles. The van der Waals surface area contributed by atoms with Crippen LogP contribution in [-0.2, 0) is 186 Å². The van der Waals surface area contributed by atoms with Crippen LogP contribution >= 0.6 is 0 Å². The van der Waals surface area contributed by atoms with Crippen molar-refractivity contribution in [2.24, 2.45) is 5.92 Å². The molecule has 0 radical (unpaired) electrons. The van der Waals surface area contributed by atoms with E-state index in [0.717, 1.165) is 64.2 Å². The van der Waals surface area contributed by atoms with E-state index in [9.17, 15) is 115 Å². The first-order chi connectivity index (χ1) is 71.5. The van der Waals surface area contributed by atoms with Crippen LogP contribution in [0.2, 0.25) is 0 Å². The molecule has 2 unspecified atom stereocenters. The van der Waals surface area contributed by atoms with Gasteiger partial charge in [0, 0.05) is 103 Å². The standard InChI is InChI=1S/2C17H30O5.C15H18O5.2C13H22O5.2C12H20O5.C11H18O5/c1-4-6-9-14(5-2)13-22-17(20)12-15(18)10-7-8-11-16(19)21-3;1-3-4-5-6-7-10-13-22-17(20)14-15(18)11-8-9-12-16(19)21-2;1-19-14(17)10-6-5-7-12(16)11-15(18)20-13-8-3-2-4-9-13;1-4-10(2)18-13(16)9-11(14)7-5-6-8-12(15)17-3;1-3-4-9-18-13(16)10-11(14)7-5-6-8-12(15)17-2;1-9(2)17-12(15)8-10(13)6-4-5-7-11(14)16-3;1-3-8-17-12(15)9-10(13)6-4-5-7-11(14)16-2;1-3-16-11(14)8-9(12)6-4-5-7-10(13)15-2/h14H,4-13H2,1-3H3;3-14H2,1-2H3;2-4,8-9H,5-7,10-11H2,1H3;10H,4-9H2,1-3H3;3-10H2,1-2H3;9H,4-8H2,1-3H3;3-9H2,1-2H3;3-8H2,1-2H3. The van der Waals surface area contributed by atoms with Crippen molar-refractivity contribution in [3.63, 3.8) is 0 Å². The SMILES string of the molecule is CCC(C)OC(=O)CC(=O)CCCCC(=O)OC.CCCCC(CC)COC(=O)CC(=O)CCCCC(=O)OC.CCCCCCCCOC(=O)CC(=O)CCCCC(=O)OC.CCCCOC(=O)CC(=O)CCCCC(=O)OC.CCCOC(=O)CC(=O)CCCCC(=O)OC.CCOC(=O)CC(=O)CCCCC(=O)OC.COC(=O)CCCCC(=O)CC(=O)OC(C)C.COC(=O)CCCCC(=O)CC(=O)Oc1ccccc1. The van der Waals surface area contributed by atoms with Crippen molar-refractivity contribution in [2.75, 3.05) is 89.9 Å². The fourth-order valence-corrected chi connectivity index (χ4v) is 12.0. The van der Waals surface area contributed by atoms with Crippen LogP contribution in [0.3, 0.4) is 0 Å². The van der Waals surface area contributed by atoms with Gasteiger partial charge in [-0.2, -0.15) is 0 Å². The van der Waals surface area contributed by atoms with Crippen LogP contribution in [0.4, 0.5) is 0 Å². The topological polar surface area (TPSA) is 557 Å². The lowest BCUT2D eigenvalue weighted by atomic mass is 10.0. The van der Waals surface area contributed by atoms with Gasteiger partial charge in [0.15, 0.2) is 0 Å². The molecule has 1 aromatic carbocycles. The van der Waals surface area contributed by atoms with E-state index in [2.05, 4.69) is 63.4 Å². The molecule has 0 amide bonds. The van der Waals surface area contributed by atoms with Crippen LogP contribution in [0.5, 0.6) is 5.75 Å². The monoisotopic (exact) mass is 2140 g/mol. The predicted octanol–water partition coefficient (Wildman–Crippen LogP) is 17.9. The Kier molecular flexibility index (Phi) is 111. The molecule has 40 nitrogen and oxygen atoms in total. The van der Waals surface area contributed by atoms with Crippen molar-refractivity contribution >= 4 is 142 Å².